The fraction of sp³-hybridized carbons (Fsp3) is 0.385. The maximum Gasteiger partial charge on any atom is 0.256 e. The first kappa shape index (κ1) is 13.6. The lowest BCUT2D eigenvalue weighted by atomic mass is 10.1. The molecule has 0 spiro atoms. The van der Waals surface area contributed by atoms with Gasteiger partial charge in [-0.1, -0.05) is 12.1 Å². The van der Waals surface area contributed by atoms with Gasteiger partial charge in [-0.15, -0.1) is 11.8 Å². The minimum Gasteiger partial charge on any atom is -0.323 e. The van der Waals surface area contributed by atoms with Crippen LogP contribution in [0.15, 0.2) is 29.2 Å². The van der Waals surface area contributed by atoms with Crippen molar-refractivity contribution >= 4 is 17.7 Å². The van der Waals surface area contributed by atoms with Crippen molar-refractivity contribution in [2.45, 2.75) is 24.8 Å². The predicted octanol–water partition coefficient (Wildman–Crippen LogP) is 2.78. The third-order valence-corrected chi connectivity index (χ3v) is 3.26. The third-order valence-electron chi connectivity index (χ3n) is 2.46. The Morgan fingerprint density at radius 1 is 1.47 bits per heavy atom. The quantitative estimate of drug-likeness (QED) is 0.608. The van der Waals surface area contributed by atoms with E-state index in [1.807, 2.05) is 44.4 Å². The number of hydrogen-bond donors (Lipinski definition) is 0. The van der Waals surface area contributed by atoms with Crippen LogP contribution < -0.4 is 0 Å². The molecule has 1 aromatic carbocycles. The molecule has 0 aliphatic heterocycles. The first-order chi connectivity index (χ1) is 8.11. The zero-order valence-electron chi connectivity index (χ0n) is 10.3. The van der Waals surface area contributed by atoms with E-state index in [-0.39, 0.29) is 18.5 Å². The van der Waals surface area contributed by atoms with Gasteiger partial charge in [0.05, 0.1) is 11.6 Å². The molecular formula is C13H16N2OS. The highest BCUT2D eigenvalue weighted by Crippen LogP contribution is 2.21. The van der Waals surface area contributed by atoms with Crippen molar-refractivity contribution in [3.05, 3.63) is 29.8 Å². The molecule has 1 aromatic rings. The van der Waals surface area contributed by atoms with Crippen LogP contribution in [0.1, 0.15) is 24.2 Å². The van der Waals surface area contributed by atoms with Crippen molar-refractivity contribution in [1.82, 2.24) is 4.90 Å². The summed E-state index contributed by atoms with van der Waals surface area (Å²) in [4.78, 5) is 14.8. The highest BCUT2D eigenvalue weighted by molar-refractivity contribution is 7.98. The highest BCUT2D eigenvalue weighted by Gasteiger charge is 2.20. The molecule has 17 heavy (non-hydrogen) atoms. The van der Waals surface area contributed by atoms with Gasteiger partial charge in [0.25, 0.3) is 5.91 Å². The second kappa shape index (κ2) is 6.31. The third kappa shape index (κ3) is 3.24. The summed E-state index contributed by atoms with van der Waals surface area (Å²) in [5.41, 5.74) is 0.670. The average molecular weight is 248 g/mol. The van der Waals surface area contributed by atoms with Gasteiger partial charge in [0.15, 0.2) is 0 Å². The molecule has 0 aliphatic rings. The van der Waals surface area contributed by atoms with Crippen LogP contribution in [-0.4, -0.2) is 29.6 Å². The standard InChI is InChI=1S/C13H16N2OS/c1-10(2)15(9-8-14)13(16)11-6-4-5-7-12(11)17-3/h4-7,10H,9H2,1-3H3. The molecule has 90 valence electrons. The summed E-state index contributed by atoms with van der Waals surface area (Å²) in [6.45, 7) is 3.95. The Morgan fingerprint density at radius 2 is 2.12 bits per heavy atom. The van der Waals surface area contributed by atoms with Crippen molar-refractivity contribution in [2.75, 3.05) is 12.8 Å². The van der Waals surface area contributed by atoms with Crippen LogP contribution in [-0.2, 0) is 0 Å². The molecule has 0 aliphatic carbocycles. The number of thioether (sulfide) groups is 1. The zero-order valence-corrected chi connectivity index (χ0v) is 11.1. The molecule has 0 saturated carbocycles. The van der Waals surface area contributed by atoms with Crippen LogP contribution in [0.5, 0.6) is 0 Å². The van der Waals surface area contributed by atoms with E-state index in [4.69, 9.17) is 5.26 Å². The van der Waals surface area contributed by atoms with Gasteiger partial charge in [0.2, 0.25) is 0 Å². The molecule has 0 heterocycles. The van der Waals surface area contributed by atoms with E-state index < -0.39 is 0 Å². The van der Waals surface area contributed by atoms with Crippen LogP contribution in [0.2, 0.25) is 0 Å². The second-order valence-corrected chi connectivity index (χ2v) is 4.73. The molecule has 0 atom stereocenters. The van der Waals surface area contributed by atoms with Crippen molar-refractivity contribution in [3.8, 4) is 6.07 Å². The Labute approximate surface area is 106 Å². The number of nitrogens with zero attached hydrogens (tertiary/aromatic N) is 2. The zero-order chi connectivity index (χ0) is 12.8. The number of nitriles is 1. The number of rotatable bonds is 4. The van der Waals surface area contributed by atoms with E-state index in [9.17, 15) is 4.79 Å². The molecule has 1 rings (SSSR count). The molecule has 0 N–H and O–H groups in total. The van der Waals surface area contributed by atoms with Crippen molar-refractivity contribution in [1.29, 1.82) is 5.26 Å². The lowest BCUT2D eigenvalue weighted by Crippen LogP contribution is -2.37. The number of carbonyl (C=O) groups is 1. The summed E-state index contributed by atoms with van der Waals surface area (Å²) >= 11 is 1.54. The average Bonchev–Trinajstić information content (AvgIpc) is 2.34. The summed E-state index contributed by atoms with van der Waals surface area (Å²) in [6, 6.07) is 9.54. The van der Waals surface area contributed by atoms with Gasteiger partial charge in [-0.05, 0) is 32.2 Å². The Balaban J connectivity index is 3.06. The van der Waals surface area contributed by atoms with Crippen LogP contribution >= 0.6 is 11.8 Å². The molecule has 3 nitrogen and oxygen atoms in total. The minimum atomic E-state index is -0.0773. The first-order valence-electron chi connectivity index (χ1n) is 5.42. The molecule has 4 heteroatoms. The van der Waals surface area contributed by atoms with Gasteiger partial charge >= 0.3 is 0 Å². The second-order valence-electron chi connectivity index (χ2n) is 3.89. The molecule has 0 fully saturated rings. The molecule has 0 radical (unpaired) electrons. The van der Waals surface area contributed by atoms with E-state index in [0.717, 1.165) is 4.90 Å². The van der Waals surface area contributed by atoms with Gasteiger partial charge in [-0.3, -0.25) is 4.79 Å². The van der Waals surface area contributed by atoms with Gasteiger partial charge in [0, 0.05) is 10.9 Å². The van der Waals surface area contributed by atoms with Crippen LogP contribution in [0.25, 0.3) is 0 Å². The first-order valence-corrected chi connectivity index (χ1v) is 6.65. The number of benzene rings is 1. The van der Waals surface area contributed by atoms with Crippen LogP contribution in [0, 0.1) is 11.3 Å². The van der Waals surface area contributed by atoms with Gasteiger partial charge < -0.3 is 4.90 Å². The molecule has 0 aromatic heterocycles. The largest absolute Gasteiger partial charge is 0.323 e. The highest BCUT2D eigenvalue weighted by atomic mass is 32.2. The maximum atomic E-state index is 12.3. The van der Waals surface area contributed by atoms with Crippen LogP contribution in [0.4, 0.5) is 0 Å². The Hall–Kier alpha value is -1.47. The smallest absolute Gasteiger partial charge is 0.256 e. The predicted molar refractivity (Wildman–Crippen MR) is 70.0 cm³/mol. The lowest BCUT2D eigenvalue weighted by Gasteiger charge is -2.24. The fourth-order valence-electron chi connectivity index (χ4n) is 1.54. The van der Waals surface area contributed by atoms with E-state index in [1.54, 1.807) is 22.7 Å². The summed E-state index contributed by atoms with van der Waals surface area (Å²) in [5.74, 6) is -0.0773. The normalized spacial score (nSPS) is 10.1. The van der Waals surface area contributed by atoms with E-state index in [0.29, 0.717) is 5.56 Å². The van der Waals surface area contributed by atoms with E-state index >= 15 is 0 Å². The number of carbonyl (C=O) groups excluding carboxylic acids is 1. The van der Waals surface area contributed by atoms with Crippen molar-refractivity contribution in [3.63, 3.8) is 0 Å². The molecule has 1 amide bonds. The SMILES string of the molecule is CSc1ccccc1C(=O)N(CC#N)C(C)C. The Morgan fingerprint density at radius 3 is 2.65 bits per heavy atom. The van der Waals surface area contributed by atoms with E-state index in [2.05, 4.69) is 0 Å². The summed E-state index contributed by atoms with van der Waals surface area (Å²) in [6.07, 6.45) is 1.94. The minimum absolute atomic E-state index is 0.0251. The Bertz CT molecular complexity index is 437. The van der Waals surface area contributed by atoms with Gasteiger partial charge in [-0.25, -0.2) is 0 Å². The Kier molecular flexibility index (Phi) is 5.05. The lowest BCUT2D eigenvalue weighted by molar-refractivity contribution is 0.0728. The van der Waals surface area contributed by atoms with Gasteiger partial charge in [-0.2, -0.15) is 5.26 Å². The molecule has 0 saturated heterocycles. The summed E-state index contributed by atoms with van der Waals surface area (Å²) in [7, 11) is 0. The van der Waals surface area contributed by atoms with Crippen molar-refractivity contribution in [2.24, 2.45) is 0 Å². The summed E-state index contributed by atoms with van der Waals surface area (Å²) in [5, 5.41) is 8.76. The number of amides is 1. The maximum absolute atomic E-state index is 12.3. The monoisotopic (exact) mass is 248 g/mol. The van der Waals surface area contributed by atoms with Crippen LogP contribution in [0.3, 0.4) is 0 Å². The topological polar surface area (TPSA) is 44.1 Å². The molecular weight excluding hydrogens is 232 g/mol. The molecule has 0 unspecified atom stereocenters. The molecule has 0 bridgehead atoms. The van der Waals surface area contributed by atoms with Crippen molar-refractivity contribution < 1.29 is 4.79 Å². The number of hydrogen-bond acceptors (Lipinski definition) is 3. The van der Waals surface area contributed by atoms with E-state index in [1.165, 1.54) is 0 Å². The van der Waals surface area contributed by atoms with Gasteiger partial charge in [0.1, 0.15) is 6.54 Å². The fourth-order valence-corrected chi connectivity index (χ4v) is 2.13. The summed E-state index contributed by atoms with van der Waals surface area (Å²) < 4.78 is 0.